The average Bonchev–Trinajstić information content (AvgIpc) is 2.86. The highest BCUT2D eigenvalue weighted by molar-refractivity contribution is 5.74. The van der Waals surface area contributed by atoms with Crippen LogP contribution < -0.4 is 5.73 Å². The monoisotopic (exact) mass is 286 g/mol. The van der Waals surface area contributed by atoms with Crippen molar-refractivity contribution in [3.8, 4) is 0 Å². The van der Waals surface area contributed by atoms with Crippen LogP contribution in [0.3, 0.4) is 0 Å². The minimum Gasteiger partial charge on any atom is -0.330 e. The number of aryl methyl sites for hydroxylation is 1. The molecule has 0 aliphatic heterocycles. The van der Waals surface area contributed by atoms with Gasteiger partial charge in [-0.25, -0.2) is 4.98 Å². The third-order valence-corrected chi connectivity index (χ3v) is 4.96. The van der Waals surface area contributed by atoms with E-state index in [2.05, 4.69) is 22.5 Å². The highest BCUT2D eigenvalue weighted by Crippen LogP contribution is 2.38. The molecule has 0 amide bonds. The fourth-order valence-corrected chi connectivity index (χ4v) is 3.73. The minimum atomic E-state index is 0.262. The number of hydrogen-bond acceptors (Lipinski definition) is 3. The topological polar surface area (TPSA) is 56.7 Å². The SMILES string of the molecule is CCCn1c(CC2(CN)CCCCC2)nc2cnccc21. The zero-order chi connectivity index (χ0) is 14.7. The summed E-state index contributed by atoms with van der Waals surface area (Å²) in [5.74, 6) is 1.20. The Bertz CT molecular complexity index is 596. The molecule has 2 aromatic rings. The first-order valence-corrected chi connectivity index (χ1v) is 8.27. The maximum atomic E-state index is 6.15. The first kappa shape index (κ1) is 14.5. The van der Waals surface area contributed by atoms with Gasteiger partial charge < -0.3 is 10.3 Å². The molecule has 1 aliphatic carbocycles. The number of imidazole rings is 1. The summed E-state index contributed by atoms with van der Waals surface area (Å²) in [6.07, 6.45) is 12.3. The second-order valence-electron chi connectivity index (χ2n) is 6.49. The summed E-state index contributed by atoms with van der Waals surface area (Å²) in [4.78, 5) is 9.07. The number of pyridine rings is 1. The lowest BCUT2D eigenvalue weighted by atomic mass is 9.71. The van der Waals surface area contributed by atoms with Crippen molar-refractivity contribution < 1.29 is 0 Å². The Morgan fingerprint density at radius 3 is 2.81 bits per heavy atom. The molecular weight excluding hydrogens is 260 g/mol. The predicted octanol–water partition coefficient (Wildman–Crippen LogP) is 3.29. The second kappa shape index (κ2) is 6.14. The van der Waals surface area contributed by atoms with E-state index in [1.54, 1.807) is 0 Å². The number of hydrogen-bond donors (Lipinski definition) is 1. The Morgan fingerprint density at radius 2 is 2.10 bits per heavy atom. The summed E-state index contributed by atoms with van der Waals surface area (Å²) < 4.78 is 2.38. The van der Waals surface area contributed by atoms with Gasteiger partial charge in [0.25, 0.3) is 0 Å². The van der Waals surface area contributed by atoms with Gasteiger partial charge in [-0.15, -0.1) is 0 Å². The summed E-state index contributed by atoms with van der Waals surface area (Å²) in [6, 6.07) is 2.08. The Kier molecular flexibility index (Phi) is 4.24. The molecule has 1 saturated carbocycles. The molecule has 3 rings (SSSR count). The number of aromatic nitrogens is 3. The minimum absolute atomic E-state index is 0.262. The molecule has 0 radical (unpaired) electrons. The molecule has 1 aliphatic rings. The number of nitrogens with two attached hydrogens (primary N) is 1. The third-order valence-electron chi connectivity index (χ3n) is 4.96. The molecule has 1 fully saturated rings. The molecule has 0 saturated heterocycles. The first-order valence-electron chi connectivity index (χ1n) is 8.27. The van der Waals surface area contributed by atoms with Crippen molar-refractivity contribution in [1.82, 2.24) is 14.5 Å². The molecule has 2 heterocycles. The maximum absolute atomic E-state index is 6.15. The Balaban J connectivity index is 1.96. The van der Waals surface area contributed by atoms with Gasteiger partial charge in [-0.1, -0.05) is 26.2 Å². The van der Waals surface area contributed by atoms with Crippen LogP contribution in [0.5, 0.6) is 0 Å². The van der Waals surface area contributed by atoms with Crippen molar-refractivity contribution in [2.24, 2.45) is 11.1 Å². The molecule has 4 nitrogen and oxygen atoms in total. The summed E-state index contributed by atoms with van der Waals surface area (Å²) >= 11 is 0. The van der Waals surface area contributed by atoms with Crippen molar-refractivity contribution >= 4 is 11.0 Å². The Labute approximate surface area is 126 Å². The molecular formula is C17H26N4. The maximum Gasteiger partial charge on any atom is 0.110 e. The molecule has 21 heavy (non-hydrogen) atoms. The molecule has 0 spiro atoms. The number of rotatable bonds is 5. The number of nitrogens with zero attached hydrogens (tertiary/aromatic N) is 3. The lowest BCUT2D eigenvalue weighted by Crippen LogP contribution is -2.35. The van der Waals surface area contributed by atoms with Crippen LogP contribution in [-0.4, -0.2) is 21.1 Å². The smallest absolute Gasteiger partial charge is 0.110 e. The van der Waals surface area contributed by atoms with Gasteiger partial charge in [-0.05, 0) is 37.3 Å². The van der Waals surface area contributed by atoms with E-state index >= 15 is 0 Å². The van der Waals surface area contributed by atoms with E-state index in [9.17, 15) is 0 Å². The standard InChI is InChI=1S/C17H26N4/c1-2-10-21-15-6-9-19-12-14(15)20-16(21)11-17(13-18)7-4-3-5-8-17/h6,9,12H,2-5,7-8,10-11,13,18H2,1H3. The summed E-state index contributed by atoms with van der Waals surface area (Å²) in [7, 11) is 0. The van der Waals surface area contributed by atoms with E-state index in [0.29, 0.717) is 0 Å². The van der Waals surface area contributed by atoms with E-state index in [1.807, 2.05) is 12.4 Å². The number of fused-ring (bicyclic) bond motifs is 1. The molecule has 0 bridgehead atoms. The van der Waals surface area contributed by atoms with Crippen LogP contribution >= 0.6 is 0 Å². The highest BCUT2D eigenvalue weighted by Gasteiger charge is 2.32. The fourth-order valence-electron chi connectivity index (χ4n) is 3.73. The van der Waals surface area contributed by atoms with E-state index in [4.69, 9.17) is 10.7 Å². The van der Waals surface area contributed by atoms with Crippen molar-refractivity contribution in [2.45, 2.75) is 58.4 Å². The predicted molar refractivity (Wildman–Crippen MR) is 86.1 cm³/mol. The van der Waals surface area contributed by atoms with Crippen LogP contribution in [-0.2, 0) is 13.0 Å². The van der Waals surface area contributed by atoms with Crippen molar-refractivity contribution in [2.75, 3.05) is 6.54 Å². The van der Waals surface area contributed by atoms with Gasteiger partial charge in [0.05, 0.1) is 11.7 Å². The summed E-state index contributed by atoms with van der Waals surface area (Å²) in [5.41, 5.74) is 8.65. The van der Waals surface area contributed by atoms with Crippen molar-refractivity contribution in [3.05, 3.63) is 24.3 Å². The van der Waals surface area contributed by atoms with Gasteiger partial charge in [0, 0.05) is 19.2 Å². The lowest BCUT2D eigenvalue weighted by molar-refractivity contribution is 0.192. The van der Waals surface area contributed by atoms with Gasteiger partial charge in [0.1, 0.15) is 11.3 Å². The van der Waals surface area contributed by atoms with Crippen LogP contribution in [0, 0.1) is 5.41 Å². The summed E-state index contributed by atoms with van der Waals surface area (Å²) in [6.45, 7) is 4.02. The highest BCUT2D eigenvalue weighted by atomic mass is 15.1. The van der Waals surface area contributed by atoms with E-state index < -0.39 is 0 Å². The van der Waals surface area contributed by atoms with E-state index in [0.717, 1.165) is 31.4 Å². The van der Waals surface area contributed by atoms with E-state index in [1.165, 1.54) is 43.4 Å². The van der Waals surface area contributed by atoms with Gasteiger partial charge >= 0.3 is 0 Å². The zero-order valence-electron chi connectivity index (χ0n) is 13.0. The van der Waals surface area contributed by atoms with Crippen LogP contribution in [0.4, 0.5) is 0 Å². The van der Waals surface area contributed by atoms with Crippen LogP contribution in [0.1, 0.15) is 51.3 Å². The summed E-state index contributed by atoms with van der Waals surface area (Å²) in [5, 5.41) is 0. The molecule has 0 unspecified atom stereocenters. The fraction of sp³-hybridized carbons (Fsp3) is 0.647. The Morgan fingerprint density at radius 1 is 1.29 bits per heavy atom. The van der Waals surface area contributed by atoms with Crippen molar-refractivity contribution in [1.29, 1.82) is 0 Å². The van der Waals surface area contributed by atoms with Gasteiger partial charge in [-0.2, -0.15) is 0 Å². The first-order chi connectivity index (χ1) is 10.3. The van der Waals surface area contributed by atoms with E-state index in [-0.39, 0.29) is 5.41 Å². The largest absolute Gasteiger partial charge is 0.330 e. The van der Waals surface area contributed by atoms with Crippen LogP contribution in [0.25, 0.3) is 11.0 Å². The molecule has 0 aromatic carbocycles. The molecule has 4 heteroatoms. The van der Waals surface area contributed by atoms with Crippen LogP contribution in [0.15, 0.2) is 18.5 Å². The molecule has 114 valence electrons. The Hall–Kier alpha value is -1.42. The lowest BCUT2D eigenvalue weighted by Gasteiger charge is -2.36. The zero-order valence-corrected chi connectivity index (χ0v) is 13.0. The average molecular weight is 286 g/mol. The molecule has 0 atom stereocenters. The van der Waals surface area contributed by atoms with Crippen LogP contribution in [0.2, 0.25) is 0 Å². The van der Waals surface area contributed by atoms with Gasteiger partial charge in [0.2, 0.25) is 0 Å². The molecule has 2 N–H and O–H groups in total. The van der Waals surface area contributed by atoms with Gasteiger partial charge in [0.15, 0.2) is 0 Å². The second-order valence-corrected chi connectivity index (χ2v) is 6.49. The van der Waals surface area contributed by atoms with Gasteiger partial charge in [-0.3, -0.25) is 4.98 Å². The molecule has 2 aromatic heterocycles. The third kappa shape index (κ3) is 2.82. The van der Waals surface area contributed by atoms with Crippen molar-refractivity contribution in [3.63, 3.8) is 0 Å². The quantitative estimate of drug-likeness (QED) is 0.917. The normalized spacial score (nSPS) is 18.2.